The Hall–Kier alpha value is -1.75. The van der Waals surface area contributed by atoms with Gasteiger partial charge < -0.3 is 9.88 Å². The maximum atomic E-state index is 13.7. The maximum Gasteiger partial charge on any atom is 0.163 e. The third-order valence-corrected chi connectivity index (χ3v) is 2.60. The van der Waals surface area contributed by atoms with Crippen molar-refractivity contribution in [3.63, 3.8) is 0 Å². The van der Waals surface area contributed by atoms with E-state index in [1.54, 1.807) is 30.2 Å². The van der Waals surface area contributed by atoms with Crippen molar-refractivity contribution in [1.82, 2.24) is 14.9 Å². The molecule has 0 aliphatic rings. The van der Waals surface area contributed by atoms with Gasteiger partial charge in [0.25, 0.3) is 0 Å². The lowest BCUT2D eigenvalue weighted by molar-refractivity contribution is 0.486. The normalized spacial score (nSPS) is 12.7. The van der Waals surface area contributed by atoms with E-state index in [-0.39, 0.29) is 5.56 Å². The molecule has 2 rings (SSSR count). The molecule has 0 saturated heterocycles. The van der Waals surface area contributed by atoms with Gasteiger partial charge in [-0.2, -0.15) is 0 Å². The highest BCUT2D eigenvalue weighted by Gasteiger charge is 2.20. The van der Waals surface area contributed by atoms with E-state index < -0.39 is 17.7 Å². The second kappa shape index (κ2) is 4.63. The van der Waals surface area contributed by atoms with E-state index in [0.717, 1.165) is 6.07 Å². The quantitative estimate of drug-likeness (QED) is 0.885. The van der Waals surface area contributed by atoms with E-state index in [4.69, 9.17) is 0 Å². The Kier molecular flexibility index (Phi) is 3.19. The molecular formula is C12H13F2N3. The number of aromatic nitrogens is 2. The van der Waals surface area contributed by atoms with Crippen molar-refractivity contribution in [3.8, 4) is 0 Å². The van der Waals surface area contributed by atoms with Crippen molar-refractivity contribution in [2.24, 2.45) is 7.05 Å². The number of rotatable bonds is 3. The van der Waals surface area contributed by atoms with Crippen LogP contribution in [-0.2, 0) is 7.05 Å². The van der Waals surface area contributed by atoms with Gasteiger partial charge in [0, 0.05) is 18.8 Å². The molecule has 0 bridgehead atoms. The zero-order valence-corrected chi connectivity index (χ0v) is 9.61. The van der Waals surface area contributed by atoms with Crippen LogP contribution in [0.15, 0.2) is 30.7 Å². The Morgan fingerprint density at radius 2 is 2.12 bits per heavy atom. The third kappa shape index (κ3) is 2.19. The van der Waals surface area contributed by atoms with Crippen molar-refractivity contribution in [3.05, 3.63) is 53.6 Å². The fraction of sp³-hybridized carbons (Fsp3) is 0.250. The molecule has 0 radical (unpaired) electrons. The summed E-state index contributed by atoms with van der Waals surface area (Å²) in [6.07, 6.45) is 3.39. The Balaban J connectivity index is 2.45. The molecule has 0 saturated carbocycles. The zero-order valence-electron chi connectivity index (χ0n) is 9.61. The molecule has 2 aromatic rings. The predicted molar refractivity (Wildman–Crippen MR) is 60.5 cm³/mol. The molecule has 1 aromatic carbocycles. The number of hydrogen-bond donors (Lipinski definition) is 1. The van der Waals surface area contributed by atoms with Crippen LogP contribution in [0.1, 0.15) is 17.3 Å². The van der Waals surface area contributed by atoms with E-state index in [1.807, 2.05) is 7.05 Å². The lowest BCUT2D eigenvalue weighted by atomic mass is 10.0. The molecule has 0 fully saturated rings. The molecule has 1 aromatic heterocycles. The minimum atomic E-state index is -0.848. The fourth-order valence-corrected chi connectivity index (χ4v) is 1.79. The molecule has 1 atom stereocenters. The summed E-state index contributed by atoms with van der Waals surface area (Å²) in [5, 5.41) is 2.93. The van der Waals surface area contributed by atoms with E-state index in [0.29, 0.717) is 5.69 Å². The van der Waals surface area contributed by atoms with Crippen LogP contribution in [0.3, 0.4) is 0 Å². The zero-order chi connectivity index (χ0) is 12.4. The van der Waals surface area contributed by atoms with Crippen molar-refractivity contribution < 1.29 is 8.78 Å². The predicted octanol–water partition coefficient (Wildman–Crippen LogP) is 2.01. The number of benzene rings is 1. The van der Waals surface area contributed by atoms with Crippen LogP contribution in [0.5, 0.6) is 0 Å². The number of imidazole rings is 1. The standard InChI is InChI=1S/C12H13F2N3/c1-15-12(10-6-17(2)7-16-10)8-4-3-5-9(13)11(8)14/h3-7,12,15H,1-2H3. The molecule has 5 heteroatoms. The second-order valence-electron chi connectivity index (χ2n) is 3.83. The highest BCUT2D eigenvalue weighted by atomic mass is 19.2. The Morgan fingerprint density at radius 1 is 1.35 bits per heavy atom. The Bertz CT molecular complexity index is 522. The topological polar surface area (TPSA) is 29.9 Å². The van der Waals surface area contributed by atoms with E-state index >= 15 is 0 Å². The molecule has 0 aliphatic carbocycles. The smallest absolute Gasteiger partial charge is 0.163 e. The number of aryl methyl sites for hydroxylation is 1. The number of nitrogens with zero attached hydrogens (tertiary/aromatic N) is 2. The van der Waals surface area contributed by atoms with Crippen molar-refractivity contribution >= 4 is 0 Å². The number of nitrogens with one attached hydrogen (secondary N) is 1. The summed E-state index contributed by atoms with van der Waals surface area (Å²) in [5.41, 5.74) is 0.908. The molecule has 1 heterocycles. The SMILES string of the molecule is CNC(c1cn(C)cn1)c1cccc(F)c1F. The number of halogens is 2. The van der Waals surface area contributed by atoms with Crippen LogP contribution >= 0.6 is 0 Å². The molecule has 0 aliphatic heterocycles. The first-order chi connectivity index (χ1) is 8.13. The molecule has 1 unspecified atom stereocenters. The van der Waals surface area contributed by atoms with E-state index in [1.165, 1.54) is 6.07 Å². The van der Waals surface area contributed by atoms with Gasteiger partial charge >= 0.3 is 0 Å². The van der Waals surface area contributed by atoms with Gasteiger partial charge in [-0.25, -0.2) is 13.8 Å². The first kappa shape index (κ1) is 11.7. The van der Waals surface area contributed by atoms with Crippen LogP contribution in [0, 0.1) is 11.6 Å². The monoisotopic (exact) mass is 237 g/mol. The van der Waals surface area contributed by atoms with Crippen molar-refractivity contribution in [2.75, 3.05) is 7.05 Å². The summed E-state index contributed by atoms with van der Waals surface area (Å²) in [7, 11) is 3.51. The van der Waals surface area contributed by atoms with Gasteiger partial charge in [-0.1, -0.05) is 12.1 Å². The van der Waals surface area contributed by atoms with Gasteiger partial charge in [-0.05, 0) is 13.1 Å². The van der Waals surface area contributed by atoms with Gasteiger partial charge in [0.05, 0.1) is 18.1 Å². The van der Waals surface area contributed by atoms with Crippen LogP contribution in [0.2, 0.25) is 0 Å². The molecule has 0 spiro atoms. The van der Waals surface area contributed by atoms with E-state index in [2.05, 4.69) is 10.3 Å². The summed E-state index contributed by atoms with van der Waals surface area (Å²) >= 11 is 0. The summed E-state index contributed by atoms with van der Waals surface area (Å²) in [5.74, 6) is -1.68. The molecule has 90 valence electrons. The first-order valence-electron chi connectivity index (χ1n) is 5.22. The van der Waals surface area contributed by atoms with Gasteiger partial charge in [-0.3, -0.25) is 0 Å². The minimum Gasteiger partial charge on any atom is -0.340 e. The fourth-order valence-electron chi connectivity index (χ4n) is 1.79. The van der Waals surface area contributed by atoms with Gasteiger partial charge in [0.1, 0.15) is 0 Å². The average Bonchev–Trinajstić information content (AvgIpc) is 2.72. The lowest BCUT2D eigenvalue weighted by Gasteiger charge is -2.15. The van der Waals surface area contributed by atoms with Crippen LogP contribution in [0.25, 0.3) is 0 Å². The molecule has 3 nitrogen and oxygen atoms in total. The summed E-state index contributed by atoms with van der Waals surface area (Å²) in [6.45, 7) is 0. The van der Waals surface area contributed by atoms with Crippen LogP contribution < -0.4 is 5.32 Å². The van der Waals surface area contributed by atoms with Gasteiger partial charge in [0.2, 0.25) is 0 Å². The van der Waals surface area contributed by atoms with Crippen LogP contribution in [-0.4, -0.2) is 16.6 Å². The number of hydrogen-bond acceptors (Lipinski definition) is 2. The summed E-state index contributed by atoms with van der Waals surface area (Å²) in [4.78, 5) is 4.15. The molecule has 17 heavy (non-hydrogen) atoms. The Morgan fingerprint density at radius 3 is 2.71 bits per heavy atom. The highest BCUT2D eigenvalue weighted by Crippen LogP contribution is 2.24. The van der Waals surface area contributed by atoms with Crippen molar-refractivity contribution in [1.29, 1.82) is 0 Å². The summed E-state index contributed by atoms with van der Waals surface area (Å²) in [6, 6.07) is 3.69. The molecule has 1 N–H and O–H groups in total. The van der Waals surface area contributed by atoms with E-state index in [9.17, 15) is 8.78 Å². The highest BCUT2D eigenvalue weighted by molar-refractivity contribution is 5.28. The van der Waals surface area contributed by atoms with Gasteiger partial charge in [-0.15, -0.1) is 0 Å². The van der Waals surface area contributed by atoms with Crippen LogP contribution in [0.4, 0.5) is 8.78 Å². The molecular weight excluding hydrogens is 224 g/mol. The minimum absolute atomic E-state index is 0.256. The largest absolute Gasteiger partial charge is 0.340 e. The first-order valence-corrected chi connectivity index (χ1v) is 5.22. The lowest BCUT2D eigenvalue weighted by Crippen LogP contribution is -2.19. The molecule has 0 amide bonds. The van der Waals surface area contributed by atoms with Crippen molar-refractivity contribution in [2.45, 2.75) is 6.04 Å². The maximum absolute atomic E-state index is 13.7. The second-order valence-corrected chi connectivity index (χ2v) is 3.83. The summed E-state index contributed by atoms with van der Waals surface area (Å²) < 4.78 is 28.6. The average molecular weight is 237 g/mol. The Labute approximate surface area is 98.1 Å². The van der Waals surface area contributed by atoms with Gasteiger partial charge in [0.15, 0.2) is 11.6 Å². The third-order valence-electron chi connectivity index (χ3n) is 2.60.